The van der Waals surface area contributed by atoms with Crippen molar-refractivity contribution in [3.05, 3.63) is 70.7 Å². The molecule has 2 aromatic carbocycles. The maximum absolute atomic E-state index is 13.0. The molecule has 4 rings (SSSR count). The van der Waals surface area contributed by atoms with E-state index >= 15 is 0 Å². The Morgan fingerprint density at radius 3 is 2.56 bits per heavy atom. The molecule has 5 nitrogen and oxygen atoms in total. The van der Waals surface area contributed by atoms with Gasteiger partial charge in [-0.05, 0) is 30.0 Å². The maximum Gasteiger partial charge on any atom is 0.320 e. The van der Waals surface area contributed by atoms with E-state index in [2.05, 4.69) is 5.32 Å². The summed E-state index contributed by atoms with van der Waals surface area (Å²) in [7, 11) is 0. The minimum absolute atomic E-state index is 0.0493. The summed E-state index contributed by atoms with van der Waals surface area (Å²) in [4.78, 5) is 27.2. The molecule has 1 aliphatic carbocycles. The number of Topliss-reactive ketones (excluding diaryl/α,β-unsaturated/α-hetero) is 1. The van der Waals surface area contributed by atoms with Crippen LogP contribution in [0.15, 0.2) is 54.6 Å². The highest BCUT2D eigenvalue weighted by Crippen LogP contribution is 2.46. The van der Waals surface area contributed by atoms with E-state index in [1.165, 1.54) is 4.90 Å². The van der Waals surface area contributed by atoms with E-state index in [0.717, 1.165) is 5.56 Å². The van der Waals surface area contributed by atoms with Crippen LogP contribution in [0, 0.1) is 5.92 Å². The highest BCUT2D eigenvalue weighted by Gasteiger charge is 2.57. The summed E-state index contributed by atoms with van der Waals surface area (Å²) in [6.45, 7) is 0.238. The van der Waals surface area contributed by atoms with E-state index in [9.17, 15) is 14.7 Å². The number of urea groups is 1. The number of amides is 2. The van der Waals surface area contributed by atoms with E-state index < -0.39 is 23.7 Å². The van der Waals surface area contributed by atoms with E-state index in [1.807, 2.05) is 36.4 Å². The molecule has 2 amide bonds. The number of hydrogen-bond acceptors (Lipinski definition) is 3. The molecule has 2 aliphatic rings. The van der Waals surface area contributed by atoms with Gasteiger partial charge in [0.05, 0.1) is 18.5 Å². The van der Waals surface area contributed by atoms with E-state index in [1.54, 1.807) is 18.2 Å². The lowest BCUT2D eigenvalue weighted by Crippen LogP contribution is -2.69. The van der Waals surface area contributed by atoms with Crippen LogP contribution < -0.4 is 5.32 Å². The fraction of sp³-hybridized carbons (Fsp3) is 0.333. The standard InChI is InChI=1S/C21H21ClN2O3/c22-16-10-5-4-9-15(16)19-18-17(25)11-6-12-21(18,27)24(20(26)23-19)13-14-7-2-1-3-8-14/h1-5,7-10,18-19,27H,6,11-13H2,(H,23,26)/t18-,19+,21-/m1/s1. The van der Waals surface area contributed by atoms with Gasteiger partial charge in [0.15, 0.2) is 5.72 Å². The van der Waals surface area contributed by atoms with Crippen LogP contribution >= 0.6 is 11.6 Å². The number of hydrogen-bond donors (Lipinski definition) is 2. The summed E-state index contributed by atoms with van der Waals surface area (Å²) >= 11 is 6.34. The molecule has 1 saturated heterocycles. The second-order valence-corrected chi connectivity index (χ2v) is 7.60. The molecule has 3 atom stereocenters. The van der Waals surface area contributed by atoms with Gasteiger partial charge in [0.1, 0.15) is 5.78 Å². The molecule has 0 radical (unpaired) electrons. The zero-order valence-electron chi connectivity index (χ0n) is 14.8. The van der Waals surface area contributed by atoms with E-state index in [-0.39, 0.29) is 12.3 Å². The van der Waals surface area contributed by atoms with Crippen LogP contribution in [0.1, 0.15) is 36.4 Å². The third-order valence-corrected chi connectivity index (χ3v) is 5.91. The number of benzene rings is 2. The molecule has 2 N–H and O–H groups in total. The Bertz CT molecular complexity index is 873. The summed E-state index contributed by atoms with van der Waals surface area (Å²) < 4.78 is 0. The van der Waals surface area contributed by atoms with Crippen LogP contribution in [0.4, 0.5) is 4.79 Å². The molecular formula is C21H21ClN2O3. The molecule has 0 unspecified atom stereocenters. The van der Waals surface area contributed by atoms with Crippen LogP contribution in [0.2, 0.25) is 5.02 Å². The van der Waals surface area contributed by atoms with Crippen LogP contribution in [0.3, 0.4) is 0 Å². The van der Waals surface area contributed by atoms with Crippen molar-refractivity contribution < 1.29 is 14.7 Å². The largest absolute Gasteiger partial charge is 0.370 e. The fourth-order valence-electron chi connectivity index (χ4n) is 4.28. The molecule has 1 aliphatic heterocycles. The monoisotopic (exact) mass is 384 g/mol. The highest BCUT2D eigenvalue weighted by atomic mass is 35.5. The third kappa shape index (κ3) is 3.11. The lowest BCUT2D eigenvalue weighted by atomic mass is 9.71. The van der Waals surface area contributed by atoms with E-state index in [4.69, 9.17) is 11.6 Å². The zero-order chi connectivity index (χ0) is 19.0. The Labute approximate surface area is 162 Å². The molecule has 6 heteroatoms. The maximum atomic E-state index is 13.0. The molecule has 0 aromatic heterocycles. The zero-order valence-corrected chi connectivity index (χ0v) is 15.5. The van der Waals surface area contributed by atoms with Crippen molar-refractivity contribution in [3.8, 4) is 0 Å². The van der Waals surface area contributed by atoms with Crippen LogP contribution in [0.5, 0.6) is 0 Å². The second-order valence-electron chi connectivity index (χ2n) is 7.20. The number of carbonyl (C=O) groups is 2. The Balaban J connectivity index is 1.75. The number of fused-ring (bicyclic) bond motifs is 1. The number of nitrogens with zero attached hydrogens (tertiary/aromatic N) is 1. The minimum atomic E-state index is -1.53. The molecule has 0 spiro atoms. The quantitative estimate of drug-likeness (QED) is 0.848. The molecule has 27 heavy (non-hydrogen) atoms. The average molecular weight is 385 g/mol. The van der Waals surface area contributed by atoms with Crippen molar-refractivity contribution in [1.82, 2.24) is 10.2 Å². The van der Waals surface area contributed by atoms with Crippen molar-refractivity contribution in [2.75, 3.05) is 0 Å². The first kappa shape index (κ1) is 18.0. The van der Waals surface area contributed by atoms with Crippen molar-refractivity contribution in [3.63, 3.8) is 0 Å². The summed E-state index contributed by atoms with van der Waals surface area (Å²) in [5.41, 5.74) is 0.0248. The summed E-state index contributed by atoms with van der Waals surface area (Å²) in [5, 5.41) is 15.0. The number of aliphatic hydroxyl groups is 1. The molecule has 2 aromatic rings. The Morgan fingerprint density at radius 2 is 1.81 bits per heavy atom. The molecular weight excluding hydrogens is 364 g/mol. The van der Waals surface area contributed by atoms with Gasteiger partial charge in [-0.25, -0.2) is 4.79 Å². The van der Waals surface area contributed by atoms with Gasteiger partial charge in [0.2, 0.25) is 0 Å². The van der Waals surface area contributed by atoms with Gasteiger partial charge >= 0.3 is 6.03 Å². The van der Waals surface area contributed by atoms with Crippen molar-refractivity contribution in [2.45, 2.75) is 37.6 Å². The van der Waals surface area contributed by atoms with Gasteiger partial charge in [0, 0.05) is 11.4 Å². The average Bonchev–Trinajstić information content (AvgIpc) is 2.65. The predicted octanol–water partition coefficient (Wildman–Crippen LogP) is 3.66. The first-order chi connectivity index (χ1) is 13.0. The normalized spacial score (nSPS) is 27.9. The number of nitrogens with one attached hydrogen (secondary N) is 1. The number of carbonyl (C=O) groups excluding carboxylic acids is 2. The fourth-order valence-corrected chi connectivity index (χ4v) is 4.53. The first-order valence-corrected chi connectivity index (χ1v) is 9.50. The first-order valence-electron chi connectivity index (χ1n) is 9.12. The topological polar surface area (TPSA) is 69.6 Å². The molecule has 140 valence electrons. The van der Waals surface area contributed by atoms with Gasteiger partial charge < -0.3 is 10.4 Å². The van der Waals surface area contributed by atoms with Crippen molar-refractivity contribution in [1.29, 1.82) is 0 Å². The Kier molecular flexibility index (Phi) is 4.66. The Hall–Kier alpha value is -2.37. The Morgan fingerprint density at radius 1 is 1.11 bits per heavy atom. The SMILES string of the molecule is O=C1CCC[C@@]2(O)[C@H]1[C@H](c1ccccc1Cl)NC(=O)N2Cc1ccccc1. The lowest BCUT2D eigenvalue weighted by Gasteiger charge is -2.53. The van der Waals surface area contributed by atoms with Gasteiger partial charge in [-0.2, -0.15) is 0 Å². The minimum Gasteiger partial charge on any atom is -0.370 e. The van der Waals surface area contributed by atoms with Gasteiger partial charge in [-0.15, -0.1) is 0 Å². The second kappa shape index (κ2) is 6.98. The summed E-state index contributed by atoms with van der Waals surface area (Å²) in [5.74, 6) is -0.806. The molecule has 2 fully saturated rings. The molecule has 0 bridgehead atoms. The van der Waals surface area contributed by atoms with Crippen molar-refractivity contribution in [2.24, 2.45) is 5.92 Å². The van der Waals surface area contributed by atoms with Crippen LogP contribution in [-0.4, -0.2) is 27.5 Å². The predicted molar refractivity (Wildman–Crippen MR) is 102 cm³/mol. The van der Waals surface area contributed by atoms with Crippen LogP contribution in [-0.2, 0) is 11.3 Å². The highest BCUT2D eigenvalue weighted by molar-refractivity contribution is 6.31. The number of halogens is 1. The third-order valence-electron chi connectivity index (χ3n) is 5.56. The molecule has 1 saturated carbocycles. The van der Waals surface area contributed by atoms with Gasteiger partial charge in [-0.3, -0.25) is 9.69 Å². The smallest absolute Gasteiger partial charge is 0.320 e. The summed E-state index contributed by atoms with van der Waals surface area (Å²) in [6, 6.07) is 15.6. The lowest BCUT2D eigenvalue weighted by molar-refractivity contribution is -0.180. The molecule has 1 heterocycles. The van der Waals surface area contributed by atoms with Crippen molar-refractivity contribution >= 4 is 23.4 Å². The number of ketones is 1. The van der Waals surface area contributed by atoms with Crippen LogP contribution in [0.25, 0.3) is 0 Å². The summed E-state index contributed by atoms with van der Waals surface area (Å²) in [6.07, 6.45) is 1.31. The van der Waals surface area contributed by atoms with Gasteiger partial charge in [0.25, 0.3) is 0 Å². The van der Waals surface area contributed by atoms with Gasteiger partial charge in [-0.1, -0.05) is 60.1 Å². The van der Waals surface area contributed by atoms with E-state index in [0.29, 0.717) is 29.8 Å². The number of rotatable bonds is 3.